The second-order valence-electron chi connectivity index (χ2n) is 5.93. The van der Waals surface area contributed by atoms with Gasteiger partial charge in [0.25, 0.3) is 0 Å². The Morgan fingerprint density at radius 2 is 1.23 bits per heavy atom. The van der Waals surface area contributed by atoms with Crippen LogP contribution in [0.4, 0.5) is 0 Å². The predicted octanol–water partition coefficient (Wildman–Crippen LogP) is -1.11. The first-order chi connectivity index (χ1) is 12.1. The van der Waals surface area contributed by atoms with Crippen LogP contribution < -0.4 is 21.3 Å². The molecule has 0 saturated heterocycles. The highest BCUT2D eigenvalue weighted by atomic mass is 16.4. The average Bonchev–Trinajstić information content (AvgIpc) is 2.57. The van der Waals surface area contributed by atoms with Crippen LogP contribution in [0, 0.1) is 0 Å². The summed E-state index contributed by atoms with van der Waals surface area (Å²) in [4.78, 5) is 57.7. The lowest BCUT2D eigenvalue weighted by Gasteiger charge is -2.20. The second kappa shape index (κ2) is 11.8. The Labute approximate surface area is 152 Å². The summed E-state index contributed by atoms with van der Waals surface area (Å²) in [6.07, 6.45) is 0.194. The van der Waals surface area contributed by atoms with E-state index in [0.29, 0.717) is 6.54 Å². The SMILES string of the molecule is CCCNC(=O)[C@H](C)NC(=O)[C@H](C)NC(=O)[C@H](C)NC(=O)CCC(=O)O. The molecule has 5 N–H and O–H groups in total. The summed E-state index contributed by atoms with van der Waals surface area (Å²) in [5, 5.41) is 18.4. The summed E-state index contributed by atoms with van der Waals surface area (Å²) >= 11 is 0. The van der Waals surface area contributed by atoms with Gasteiger partial charge in [-0.15, -0.1) is 0 Å². The Morgan fingerprint density at radius 3 is 1.69 bits per heavy atom. The van der Waals surface area contributed by atoms with Gasteiger partial charge < -0.3 is 26.4 Å². The van der Waals surface area contributed by atoms with Crippen LogP contribution in [0.5, 0.6) is 0 Å². The topological polar surface area (TPSA) is 154 Å². The van der Waals surface area contributed by atoms with Gasteiger partial charge in [-0.1, -0.05) is 6.92 Å². The fraction of sp³-hybridized carbons (Fsp3) is 0.688. The molecule has 10 heteroatoms. The molecule has 4 amide bonds. The molecule has 0 radical (unpaired) electrons. The Morgan fingerprint density at radius 1 is 0.769 bits per heavy atom. The molecule has 0 aromatic heterocycles. The lowest BCUT2D eigenvalue weighted by atomic mass is 10.2. The lowest BCUT2D eigenvalue weighted by molar-refractivity contribution is -0.139. The normalized spacial score (nSPS) is 13.7. The number of nitrogens with one attached hydrogen (secondary N) is 4. The van der Waals surface area contributed by atoms with Crippen LogP contribution in [0.2, 0.25) is 0 Å². The maximum absolute atomic E-state index is 12.0. The standard InChI is InChI=1S/C16H28N4O6/c1-5-8-17-14(24)9(2)19-16(26)11(4)20-15(25)10(3)18-12(21)6-7-13(22)23/h9-11H,5-8H2,1-4H3,(H,17,24)(H,18,21)(H,19,26)(H,20,25)(H,22,23)/t9-,10-,11-/m0/s1. The molecule has 0 aromatic carbocycles. The minimum Gasteiger partial charge on any atom is -0.481 e. The third-order valence-electron chi connectivity index (χ3n) is 3.39. The molecule has 10 nitrogen and oxygen atoms in total. The Bertz CT molecular complexity index is 537. The number of carbonyl (C=O) groups is 5. The van der Waals surface area contributed by atoms with Crippen molar-refractivity contribution < 1.29 is 29.1 Å². The van der Waals surface area contributed by atoms with E-state index in [9.17, 15) is 24.0 Å². The van der Waals surface area contributed by atoms with Crippen LogP contribution in [0.1, 0.15) is 47.0 Å². The third-order valence-corrected chi connectivity index (χ3v) is 3.39. The van der Waals surface area contributed by atoms with Crippen LogP contribution in [-0.4, -0.2) is 59.4 Å². The van der Waals surface area contributed by atoms with Crippen molar-refractivity contribution in [2.45, 2.75) is 65.1 Å². The molecule has 3 atom stereocenters. The van der Waals surface area contributed by atoms with Crippen LogP contribution in [-0.2, 0) is 24.0 Å². The molecule has 0 rings (SSSR count). The summed E-state index contributed by atoms with van der Waals surface area (Å²) in [6.45, 7) is 6.80. The largest absolute Gasteiger partial charge is 0.481 e. The fourth-order valence-corrected chi connectivity index (χ4v) is 1.81. The minimum absolute atomic E-state index is 0.243. The molecule has 0 heterocycles. The highest BCUT2D eigenvalue weighted by Crippen LogP contribution is 1.93. The fourth-order valence-electron chi connectivity index (χ4n) is 1.81. The van der Waals surface area contributed by atoms with Crippen LogP contribution in [0.3, 0.4) is 0 Å². The molecule has 148 valence electrons. The van der Waals surface area contributed by atoms with Crippen LogP contribution >= 0.6 is 0 Å². The molecule has 0 fully saturated rings. The van der Waals surface area contributed by atoms with E-state index in [1.807, 2.05) is 6.92 Å². The van der Waals surface area contributed by atoms with Gasteiger partial charge in [0.05, 0.1) is 6.42 Å². The van der Waals surface area contributed by atoms with Crippen molar-refractivity contribution in [1.29, 1.82) is 0 Å². The Balaban J connectivity index is 4.37. The van der Waals surface area contributed by atoms with E-state index in [4.69, 9.17) is 5.11 Å². The number of amides is 4. The molecule has 0 spiro atoms. The molecular weight excluding hydrogens is 344 g/mol. The van der Waals surface area contributed by atoms with Gasteiger partial charge in [0.2, 0.25) is 23.6 Å². The number of carboxylic acids is 1. The highest BCUT2D eigenvalue weighted by Gasteiger charge is 2.23. The number of rotatable bonds is 11. The zero-order chi connectivity index (χ0) is 20.3. The molecule has 0 aromatic rings. The first-order valence-electron chi connectivity index (χ1n) is 8.48. The Kier molecular flexibility index (Phi) is 10.6. The van der Waals surface area contributed by atoms with Crippen molar-refractivity contribution in [1.82, 2.24) is 21.3 Å². The van der Waals surface area contributed by atoms with Gasteiger partial charge in [0, 0.05) is 13.0 Å². The van der Waals surface area contributed by atoms with Crippen molar-refractivity contribution >= 4 is 29.6 Å². The summed E-state index contributed by atoms with van der Waals surface area (Å²) in [5.41, 5.74) is 0. The molecule has 0 aliphatic carbocycles. The van der Waals surface area contributed by atoms with Crippen molar-refractivity contribution in [2.24, 2.45) is 0 Å². The number of aliphatic carboxylic acids is 1. The lowest BCUT2D eigenvalue weighted by Crippen LogP contribution is -2.54. The molecular formula is C16H28N4O6. The van der Waals surface area contributed by atoms with Gasteiger partial charge in [0.15, 0.2) is 0 Å². The summed E-state index contributed by atoms with van der Waals surface area (Å²) in [5.74, 6) is -3.15. The van der Waals surface area contributed by atoms with Gasteiger partial charge in [-0.2, -0.15) is 0 Å². The predicted molar refractivity (Wildman–Crippen MR) is 93.0 cm³/mol. The smallest absolute Gasteiger partial charge is 0.303 e. The molecule has 0 saturated carbocycles. The van der Waals surface area contributed by atoms with E-state index in [1.165, 1.54) is 20.8 Å². The first-order valence-corrected chi connectivity index (χ1v) is 8.48. The van der Waals surface area contributed by atoms with Crippen molar-refractivity contribution in [3.63, 3.8) is 0 Å². The molecule has 26 heavy (non-hydrogen) atoms. The second-order valence-corrected chi connectivity index (χ2v) is 5.93. The van der Waals surface area contributed by atoms with Crippen LogP contribution in [0.25, 0.3) is 0 Å². The van der Waals surface area contributed by atoms with E-state index < -0.39 is 41.8 Å². The van der Waals surface area contributed by atoms with Gasteiger partial charge in [-0.05, 0) is 27.2 Å². The van der Waals surface area contributed by atoms with E-state index in [2.05, 4.69) is 21.3 Å². The molecule has 0 bridgehead atoms. The minimum atomic E-state index is -1.11. The number of carboxylic acid groups (broad SMARTS) is 1. The van der Waals surface area contributed by atoms with Gasteiger partial charge in [0.1, 0.15) is 18.1 Å². The molecule has 0 aliphatic heterocycles. The van der Waals surface area contributed by atoms with Gasteiger partial charge in [-0.3, -0.25) is 24.0 Å². The van der Waals surface area contributed by atoms with Gasteiger partial charge in [-0.25, -0.2) is 0 Å². The molecule has 0 unspecified atom stereocenters. The summed E-state index contributed by atoms with van der Waals surface area (Å²) < 4.78 is 0. The highest BCUT2D eigenvalue weighted by molar-refractivity contribution is 5.93. The van der Waals surface area contributed by atoms with Gasteiger partial charge >= 0.3 is 5.97 Å². The monoisotopic (exact) mass is 372 g/mol. The van der Waals surface area contributed by atoms with E-state index in [-0.39, 0.29) is 18.7 Å². The quantitative estimate of drug-likeness (QED) is 0.310. The van der Waals surface area contributed by atoms with Crippen LogP contribution in [0.15, 0.2) is 0 Å². The molecule has 0 aliphatic rings. The van der Waals surface area contributed by atoms with Crippen molar-refractivity contribution in [3.8, 4) is 0 Å². The Hall–Kier alpha value is -2.65. The summed E-state index contributed by atoms with van der Waals surface area (Å²) in [6, 6.07) is -2.60. The number of hydrogen-bond donors (Lipinski definition) is 5. The van der Waals surface area contributed by atoms with E-state index >= 15 is 0 Å². The zero-order valence-corrected chi connectivity index (χ0v) is 15.5. The third kappa shape index (κ3) is 9.60. The maximum atomic E-state index is 12.0. The maximum Gasteiger partial charge on any atom is 0.303 e. The summed E-state index contributed by atoms with van der Waals surface area (Å²) in [7, 11) is 0. The first kappa shape index (κ1) is 23.4. The van der Waals surface area contributed by atoms with Crippen molar-refractivity contribution in [3.05, 3.63) is 0 Å². The van der Waals surface area contributed by atoms with Crippen molar-refractivity contribution in [2.75, 3.05) is 6.54 Å². The van der Waals surface area contributed by atoms with E-state index in [0.717, 1.165) is 6.42 Å². The number of carbonyl (C=O) groups excluding carboxylic acids is 4. The van der Waals surface area contributed by atoms with E-state index in [1.54, 1.807) is 0 Å². The zero-order valence-electron chi connectivity index (χ0n) is 15.5. The average molecular weight is 372 g/mol. The number of hydrogen-bond acceptors (Lipinski definition) is 5.